The molecule has 11 heteroatoms. The van der Waals surface area contributed by atoms with Crippen molar-refractivity contribution in [1.29, 1.82) is 0 Å². The highest BCUT2D eigenvalue weighted by molar-refractivity contribution is 7.89. The van der Waals surface area contributed by atoms with Crippen molar-refractivity contribution in [2.75, 3.05) is 36.4 Å². The van der Waals surface area contributed by atoms with Gasteiger partial charge in [0.1, 0.15) is 5.82 Å². The lowest BCUT2D eigenvalue weighted by atomic mass is 10.2. The summed E-state index contributed by atoms with van der Waals surface area (Å²) in [5.41, 5.74) is 0.998. The monoisotopic (exact) mass is 454 g/mol. The van der Waals surface area contributed by atoms with E-state index in [1.165, 1.54) is 28.6 Å². The molecule has 0 atom stereocenters. The second kappa shape index (κ2) is 9.28. The molecule has 4 rings (SSSR count). The molecule has 0 aliphatic carbocycles. The molecule has 1 fully saturated rings. The lowest BCUT2D eigenvalue weighted by Gasteiger charge is -2.34. The lowest BCUT2D eigenvalue weighted by Crippen LogP contribution is -2.49. The Morgan fingerprint density at radius 1 is 0.906 bits per heavy atom. The molecule has 1 aliphatic heterocycles. The number of aromatic nitrogens is 2. The molecule has 1 aromatic heterocycles. The van der Waals surface area contributed by atoms with E-state index in [9.17, 15) is 18.5 Å². The van der Waals surface area contributed by atoms with Crippen LogP contribution in [0, 0.1) is 10.1 Å². The van der Waals surface area contributed by atoms with Gasteiger partial charge >= 0.3 is 0 Å². The molecular weight excluding hydrogens is 432 g/mol. The van der Waals surface area contributed by atoms with Gasteiger partial charge in [-0.1, -0.05) is 30.3 Å². The number of nitro groups is 1. The van der Waals surface area contributed by atoms with Crippen molar-refractivity contribution in [3.63, 3.8) is 0 Å². The third-order valence-corrected chi connectivity index (χ3v) is 7.13. The Hall–Kier alpha value is -3.57. The third-order valence-electron chi connectivity index (χ3n) is 5.21. The number of piperazine rings is 1. The van der Waals surface area contributed by atoms with Crippen molar-refractivity contribution >= 4 is 27.3 Å². The zero-order valence-corrected chi connectivity index (χ0v) is 18.0. The highest BCUT2D eigenvalue weighted by Gasteiger charge is 2.29. The van der Waals surface area contributed by atoms with E-state index in [2.05, 4.69) is 15.5 Å². The molecule has 0 unspecified atom stereocenters. The number of anilines is 2. The van der Waals surface area contributed by atoms with Gasteiger partial charge in [-0.3, -0.25) is 10.1 Å². The fourth-order valence-corrected chi connectivity index (χ4v) is 4.85. The fourth-order valence-electron chi connectivity index (χ4n) is 3.42. The molecule has 3 aromatic rings. The molecule has 2 heterocycles. The zero-order chi connectivity index (χ0) is 22.6. The maximum Gasteiger partial charge on any atom is 0.269 e. The van der Waals surface area contributed by atoms with Crippen LogP contribution in [0.25, 0.3) is 0 Å². The first-order valence-electron chi connectivity index (χ1n) is 10.0. The summed E-state index contributed by atoms with van der Waals surface area (Å²) in [5.74, 6) is 1.35. The summed E-state index contributed by atoms with van der Waals surface area (Å²) in [5, 5.41) is 22.5. The number of benzene rings is 2. The average molecular weight is 455 g/mol. The minimum Gasteiger partial charge on any atom is -0.365 e. The molecule has 0 amide bonds. The Morgan fingerprint density at radius 3 is 2.19 bits per heavy atom. The Morgan fingerprint density at radius 2 is 1.59 bits per heavy atom. The molecule has 1 saturated heterocycles. The van der Waals surface area contributed by atoms with Crippen LogP contribution in [0.5, 0.6) is 0 Å². The molecule has 1 aliphatic rings. The summed E-state index contributed by atoms with van der Waals surface area (Å²) in [6.45, 7) is 2.16. The minimum absolute atomic E-state index is 0.0465. The highest BCUT2D eigenvalue weighted by Crippen LogP contribution is 2.22. The average Bonchev–Trinajstić information content (AvgIpc) is 2.84. The number of nitrogens with zero attached hydrogens (tertiary/aromatic N) is 5. The van der Waals surface area contributed by atoms with Crippen LogP contribution in [0.1, 0.15) is 5.56 Å². The molecule has 0 saturated carbocycles. The number of rotatable bonds is 7. The van der Waals surface area contributed by atoms with Gasteiger partial charge < -0.3 is 10.2 Å². The molecule has 32 heavy (non-hydrogen) atoms. The van der Waals surface area contributed by atoms with Crippen LogP contribution in [0.3, 0.4) is 0 Å². The van der Waals surface area contributed by atoms with Gasteiger partial charge in [-0.2, -0.15) is 4.31 Å². The minimum atomic E-state index is -3.71. The van der Waals surface area contributed by atoms with Gasteiger partial charge in [0, 0.05) is 44.9 Å². The van der Waals surface area contributed by atoms with Gasteiger partial charge in [0.05, 0.1) is 9.82 Å². The summed E-state index contributed by atoms with van der Waals surface area (Å²) >= 11 is 0. The Kier molecular flexibility index (Phi) is 6.28. The SMILES string of the molecule is O=[N+]([O-])c1ccc(S(=O)(=O)N2CCN(c3ccc(NCc4ccccc4)nn3)CC2)cc1. The van der Waals surface area contributed by atoms with Crippen LogP contribution in [0.4, 0.5) is 17.3 Å². The van der Waals surface area contributed by atoms with Gasteiger partial charge in [-0.25, -0.2) is 8.42 Å². The highest BCUT2D eigenvalue weighted by atomic mass is 32.2. The predicted octanol–water partition coefficient (Wildman–Crippen LogP) is 2.51. The normalized spacial score (nSPS) is 14.8. The van der Waals surface area contributed by atoms with Crippen molar-refractivity contribution in [1.82, 2.24) is 14.5 Å². The quantitative estimate of drug-likeness (QED) is 0.427. The Labute approximate surface area is 185 Å². The number of hydrogen-bond acceptors (Lipinski definition) is 8. The maximum atomic E-state index is 12.8. The number of sulfonamides is 1. The van der Waals surface area contributed by atoms with Crippen molar-refractivity contribution in [2.45, 2.75) is 11.4 Å². The van der Waals surface area contributed by atoms with Crippen molar-refractivity contribution in [3.8, 4) is 0 Å². The number of nitro benzene ring substituents is 1. The second-order valence-corrected chi connectivity index (χ2v) is 9.20. The lowest BCUT2D eigenvalue weighted by molar-refractivity contribution is -0.384. The molecule has 0 radical (unpaired) electrons. The van der Waals surface area contributed by atoms with Gasteiger partial charge in [-0.15, -0.1) is 10.2 Å². The van der Waals surface area contributed by atoms with E-state index in [1.807, 2.05) is 47.4 Å². The van der Waals surface area contributed by atoms with Crippen molar-refractivity contribution in [2.24, 2.45) is 0 Å². The standard InChI is InChI=1S/C21H22N6O4S/c28-27(29)18-6-8-19(9-7-18)32(30,31)26-14-12-25(13-15-26)21-11-10-20(23-24-21)22-16-17-4-2-1-3-5-17/h1-11H,12-16H2,(H,22,23). The van der Waals surface area contributed by atoms with Gasteiger partial charge in [0.15, 0.2) is 5.82 Å². The van der Waals surface area contributed by atoms with Crippen LogP contribution < -0.4 is 10.2 Å². The first kappa shape index (κ1) is 21.7. The third kappa shape index (κ3) is 4.84. The Bertz CT molecular complexity index is 1160. The molecule has 0 bridgehead atoms. The molecular formula is C21H22N6O4S. The number of hydrogen-bond donors (Lipinski definition) is 1. The molecule has 166 valence electrons. The summed E-state index contributed by atoms with van der Waals surface area (Å²) in [4.78, 5) is 12.3. The number of nitrogens with one attached hydrogen (secondary N) is 1. The van der Waals surface area contributed by atoms with Crippen LogP contribution in [-0.2, 0) is 16.6 Å². The predicted molar refractivity (Wildman–Crippen MR) is 120 cm³/mol. The van der Waals surface area contributed by atoms with Crippen molar-refractivity contribution in [3.05, 3.63) is 82.4 Å². The second-order valence-electron chi connectivity index (χ2n) is 7.26. The maximum absolute atomic E-state index is 12.8. The molecule has 2 aromatic carbocycles. The van der Waals surface area contributed by atoms with Crippen LogP contribution in [-0.4, -0.2) is 54.0 Å². The summed E-state index contributed by atoms with van der Waals surface area (Å²) in [6.07, 6.45) is 0. The summed E-state index contributed by atoms with van der Waals surface area (Å²) in [7, 11) is -3.71. The van der Waals surface area contributed by atoms with E-state index in [1.54, 1.807) is 0 Å². The largest absolute Gasteiger partial charge is 0.365 e. The van der Waals surface area contributed by atoms with E-state index in [-0.39, 0.29) is 23.7 Å². The first-order valence-corrected chi connectivity index (χ1v) is 11.5. The van der Waals surface area contributed by atoms with Crippen LogP contribution in [0.15, 0.2) is 71.6 Å². The van der Waals surface area contributed by atoms with Gasteiger partial charge in [0.2, 0.25) is 10.0 Å². The van der Waals surface area contributed by atoms with Crippen molar-refractivity contribution < 1.29 is 13.3 Å². The van der Waals surface area contributed by atoms with Gasteiger partial charge in [-0.05, 0) is 29.8 Å². The van der Waals surface area contributed by atoms with E-state index >= 15 is 0 Å². The van der Waals surface area contributed by atoms with E-state index in [0.29, 0.717) is 31.3 Å². The molecule has 1 N–H and O–H groups in total. The van der Waals surface area contributed by atoms with Gasteiger partial charge in [0.25, 0.3) is 5.69 Å². The van der Waals surface area contributed by atoms with E-state index < -0.39 is 14.9 Å². The Balaban J connectivity index is 1.34. The zero-order valence-electron chi connectivity index (χ0n) is 17.2. The first-order chi connectivity index (χ1) is 15.4. The van der Waals surface area contributed by atoms with E-state index in [4.69, 9.17) is 0 Å². The topological polar surface area (TPSA) is 122 Å². The summed E-state index contributed by atoms with van der Waals surface area (Å²) in [6, 6.07) is 18.6. The van der Waals surface area contributed by atoms with Crippen LogP contribution in [0.2, 0.25) is 0 Å². The molecule has 10 nitrogen and oxygen atoms in total. The fraction of sp³-hybridized carbons (Fsp3) is 0.238. The smallest absolute Gasteiger partial charge is 0.269 e. The van der Waals surface area contributed by atoms with E-state index in [0.717, 1.165) is 5.56 Å². The number of non-ortho nitro benzene ring substituents is 1. The molecule has 0 spiro atoms. The summed E-state index contributed by atoms with van der Waals surface area (Å²) < 4.78 is 27.1. The van der Waals surface area contributed by atoms with Crippen LogP contribution >= 0.6 is 0 Å².